The van der Waals surface area contributed by atoms with Crippen LogP contribution in [0.2, 0.25) is 0 Å². The molecule has 0 radical (unpaired) electrons. The Labute approximate surface area is 201 Å². The average molecular weight is 488 g/mol. The molecule has 0 N–H and O–H groups in total. The SMILES string of the molecule is Cc1ccc(-c2cnc(C)s2)c(C(=O)N2CCC[C@@H](C)[C@H]2CCc2ccc(C(F)(F)F)cn2)c1. The van der Waals surface area contributed by atoms with E-state index in [1.165, 1.54) is 6.07 Å². The largest absolute Gasteiger partial charge is 0.417 e. The van der Waals surface area contributed by atoms with E-state index >= 15 is 0 Å². The number of piperidine rings is 1. The number of halogens is 3. The fourth-order valence-corrected chi connectivity index (χ4v) is 5.48. The molecule has 1 aliphatic heterocycles. The molecule has 1 saturated heterocycles. The maximum Gasteiger partial charge on any atom is 0.417 e. The lowest BCUT2D eigenvalue weighted by atomic mass is 9.86. The smallest absolute Gasteiger partial charge is 0.335 e. The van der Waals surface area contributed by atoms with Gasteiger partial charge in [0.05, 0.1) is 15.4 Å². The van der Waals surface area contributed by atoms with Crippen LogP contribution in [0.4, 0.5) is 13.2 Å². The first-order chi connectivity index (χ1) is 16.1. The molecule has 0 spiro atoms. The van der Waals surface area contributed by atoms with E-state index in [9.17, 15) is 18.0 Å². The summed E-state index contributed by atoms with van der Waals surface area (Å²) >= 11 is 1.57. The van der Waals surface area contributed by atoms with Crippen molar-refractivity contribution >= 4 is 17.2 Å². The lowest BCUT2D eigenvalue weighted by Gasteiger charge is -2.40. The van der Waals surface area contributed by atoms with E-state index in [1.54, 1.807) is 11.3 Å². The molecule has 4 rings (SSSR count). The van der Waals surface area contributed by atoms with Gasteiger partial charge < -0.3 is 4.90 Å². The molecule has 34 heavy (non-hydrogen) atoms. The third-order valence-electron chi connectivity index (χ3n) is 6.52. The number of hydrogen-bond donors (Lipinski definition) is 0. The molecule has 2 aromatic heterocycles. The van der Waals surface area contributed by atoms with Crippen molar-refractivity contribution in [1.82, 2.24) is 14.9 Å². The number of amides is 1. The van der Waals surface area contributed by atoms with Crippen LogP contribution in [-0.4, -0.2) is 33.4 Å². The van der Waals surface area contributed by atoms with Crippen LogP contribution >= 0.6 is 11.3 Å². The van der Waals surface area contributed by atoms with Crippen LogP contribution in [0.15, 0.2) is 42.7 Å². The Morgan fingerprint density at radius 3 is 2.59 bits per heavy atom. The minimum Gasteiger partial charge on any atom is -0.335 e. The molecule has 0 saturated carbocycles. The molecule has 4 nitrogen and oxygen atoms in total. The Kier molecular flexibility index (Phi) is 7.07. The number of rotatable bonds is 5. The van der Waals surface area contributed by atoms with E-state index in [-0.39, 0.29) is 11.9 Å². The first kappa shape index (κ1) is 24.4. The van der Waals surface area contributed by atoms with Gasteiger partial charge in [0.15, 0.2) is 0 Å². The number of benzene rings is 1. The molecule has 8 heteroatoms. The average Bonchev–Trinajstić information content (AvgIpc) is 3.23. The molecule has 1 fully saturated rings. The maximum atomic E-state index is 13.8. The lowest BCUT2D eigenvalue weighted by Crippen LogP contribution is -2.48. The Morgan fingerprint density at radius 1 is 1.15 bits per heavy atom. The first-order valence-electron chi connectivity index (χ1n) is 11.5. The molecule has 0 aliphatic carbocycles. The normalized spacial score (nSPS) is 18.8. The molecule has 0 unspecified atom stereocenters. The van der Waals surface area contributed by atoms with Crippen LogP contribution in [0.25, 0.3) is 10.4 Å². The minimum absolute atomic E-state index is 0.00156. The van der Waals surface area contributed by atoms with Crippen molar-refractivity contribution in [2.45, 2.75) is 58.7 Å². The highest BCUT2D eigenvalue weighted by Gasteiger charge is 2.34. The Bertz CT molecular complexity index is 1160. The Morgan fingerprint density at radius 2 is 1.94 bits per heavy atom. The summed E-state index contributed by atoms with van der Waals surface area (Å²) in [5.74, 6) is 0.299. The first-order valence-corrected chi connectivity index (χ1v) is 12.3. The van der Waals surface area contributed by atoms with E-state index < -0.39 is 11.7 Å². The molecule has 3 heterocycles. The van der Waals surface area contributed by atoms with Gasteiger partial charge in [-0.3, -0.25) is 9.78 Å². The third kappa shape index (κ3) is 5.32. The van der Waals surface area contributed by atoms with Crippen molar-refractivity contribution in [3.63, 3.8) is 0 Å². The highest BCUT2D eigenvalue weighted by molar-refractivity contribution is 7.15. The van der Waals surface area contributed by atoms with E-state index in [2.05, 4.69) is 16.9 Å². The number of aryl methyl sites for hydroxylation is 3. The number of nitrogens with zero attached hydrogens (tertiary/aromatic N) is 3. The number of pyridine rings is 1. The Balaban J connectivity index is 1.57. The van der Waals surface area contributed by atoms with Gasteiger partial charge >= 0.3 is 6.18 Å². The summed E-state index contributed by atoms with van der Waals surface area (Å²) < 4.78 is 38.5. The number of carbonyl (C=O) groups excluding carboxylic acids is 1. The quantitative estimate of drug-likeness (QED) is 0.402. The summed E-state index contributed by atoms with van der Waals surface area (Å²) in [5, 5.41) is 0.947. The molecule has 1 amide bonds. The summed E-state index contributed by atoms with van der Waals surface area (Å²) in [6, 6.07) is 8.46. The topological polar surface area (TPSA) is 46.1 Å². The summed E-state index contributed by atoms with van der Waals surface area (Å²) in [4.78, 5) is 25.2. The predicted octanol–water partition coefficient (Wildman–Crippen LogP) is 6.71. The third-order valence-corrected chi connectivity index (χ3v) is 7.46. The van der Waals surface area contributed by atoms with Crippen LogP contribution in [0, 0.1) is 19.8 Å². The van der Waals surface area contributed by atoms with Crippen molar-refractivity contribution in [3.05, 3.63) is 70.1 Å². The standard InChI is InChI=1S/C26H28F3N3OS/c1-16-6-10-21(24-15-30-18(3)34-24)22(13-16)25(33)32-12-4-5-17(2)23(32)11-9-20-8-7-19(14-31-20)26(27,28)29/h6-8,10,13-15,17,23H,4-5,9,11-12H2,1-3H3/t17-,23-/m1/s1. The van der Waals surface area contributed by atoms with E-state index in [4.69, 9.17) is 0 Å². The second-order valence-electron chi connectivity index (χ2n) is 9.05. The van der Waals surface area contributed by atoms with Gasteiger partial charge in [0, 0.05) is 41.8 Å². The van der Waals surface area contributed by atoms with Gasteiger partial charge in [-0.2, -0.15) is 13.2 Å². The molecule has 1 aromatic carbocycles. The van der Waals surface area contributed by atoms with Crippen LogP contribution in [-0.2, 0) is 12.6 Å². The molecule has 180 valence electrons. The van der Waals surface area contributed by atoms with Crippen molar-refractivity contribution in [1.29, 1.82) is 0 Å². The van der Waals surface area contributed by atoms with Crippen molar-refractivity contribution < 1.29 is 18.0 Å². The van der Waals surface area contributed by atoms with Gasteiger partial charge in [0.25, 0.3) is 5.91 Å². The van der Waals surface area contributed by atoms with E-state index in [0.29, 0.717) is 36.6 Å². The van der Waals surface area contributed by atoms with E-state index in [1.807, 2.05) is 43.1 Å². The fourth-order valence-electron chi connectivity index (χ4n) is 4.67. The van der Waals surface area contributed by atoms with Gasteiger partial charge in [-0.1, -0.05) is 24.6 Å². The number of alkyl halides is 3. The monoisotopic (exact) mass is 487 g/mol. The van der Waals surface area contributed by atoms with Gasteiger partial charge in [-0.05, 0) is 63.6 Å². The highest BCUT2D eigenvalue weighted by atomic mass is 32.1. The van der Waals surface area contributed by atoms with Crippen LogP contribution in [0.1, 0.15) is 58.4 Å². The zero-order valence-corrected chi connectivity index (χ0v) is 20.3. The lowest BCUT2D eigenvalue weighted by molar-refractivity contribution is -0.137. The zero-order valence-electron chi connectivity index (χ0n) is 19.5. The predicted molar refractivity (Wildman–Crippen MR) is 128 cm³/mol. The van der Waals surface area contributed by atoms with Gasteiger partial charge in [-0.25, -0.2) is 4.98 Å². The summed E-state index contributed by atoms with van der Waals surface area (Å²) in [6.45, 7) is 6.74. The molecule has 2 atom stereocenters. The van der Waals surface area contributed by atoms with E-state index in [0.717, 1.165) is 46.1 Å². The number of thiazole rings is 1. The molecular formula is C26H28F3N3OS. The second-order valence-corrected chi connectivity index (χ2v) is 10.3. The summed E-state index contributed by atoms with van der Waals surface area (Å²) in [6.07, 6.45) is 1.44. The minimum atomic E-state index is -4.39. The number of hydrogen-bond acceptors (Lipinski definition) is 4. The highest BCUT2D eigenvalue weighted by Crippen LogP contribution is 2.34. The number of aromatic nitrogens is 2. The second kappa shape index (κ2) is 9.86. The van der Waals surface area contributed by atoms with Crippen molar-refractivity contribution in [3.8, 4) is 10.4 Å². The van der Waals surface area contributed by atoms with Crippen molar-refractivity contribution in [2.24, 2.45) is 5.92 Å². The van der Waals surface area contributed by atoms with Gasteiger partial charge in [0.2, 0.25) is 0 Å². The summed E-state index contributed by atoms with van der Waals surface area (Å²) in [5.41, 5.74) is 2.45. The maximum absolute atomic E-state index is 13.8. The zero-order chi connectivity index (χ0) is 24.5. The molecule has 0 bridgehead atoms. The number of carbonyl (C=O) groups is 1. The van der Waals surface area contributed by atoms with Crippen LogP contribution in [0.3, 0.4) is 0 Å². The molecule has 1 aliphatic rings. The van der Waals surface area contributed by atoms with Crippen molar-refractivity contribution in [2.75, 3.05) is 6.54 Å². The van der Waals surface area contributed by atoms with Gasteiger partial charge in [0.1, 0.15) is 0 Å². The Hall–Kier alpha value is -2.74. The molecule has 3 aromatic rings. The van der Waals surface area contributed by atoms with Crippen LogP contribution < -0.4 is 0 Å². The van der Waals surface area contributed by atoms with Gasteiger partial charge in [-0.15, -0.1) is 11.3 Å². The fraction of sp³-hybridized carbons (Fsp3) is 0.423. The molecular weight excluding hydrogens is 459 g/mol. The van der Waals surface area contributed by atoms with Crippen LogP contribution in [0.5, 0.6) is 0 Å². The number of likely N-dealkylation sites (tertiary alicyclic amines) is 1. The summed E-state index contributed by atoms with van der Waals surface area (Å²) in [7, 11) is 0.